The van der Waals surface area contributed by atoms with Gasteiger partial charge in [0.1, 0.15) is 12.4 Å². The number of carbonyl (C=O) groups is 1. The second-order valence-electron chi connectivity index (χ2n) is 5.22. The Morgan fingerprint density at radius 2 is 2.05 bits per heavy atom. The average Bonchev–Trinajstić information content (AvgIpc) is 3.17. The summed E-state index contributed by atoms with van der Waals surface area (Å²) in [6.45, 7) is 0.209. The van der Waals surface area contributed by atoms with Gasteiger partial charge in [-0.05, 0) is 53.7 Å². The molecule has 0 spiro atoms. The highest BCUT2D eigenvalue weighted by Gasteiger charge is 2.41. The molecule has 1 amide bonds. The molecule has 0 bridgehead atoms. The van der Waals surface area contributed by atoms with Crippen LogP contribution in [0.5, 0.6) is 0 Å². The van der Waals surface area contributed by atoms with Crippen molar-refractivity contribution in [3.63, 3.8) is 0 Å². The van der Waals surface area contributed by atoms with Gasteiger partial charge in [0.25, 0.3) is 5.91 Å². The van der Waals surface area contributed by atoms with Crippen LogP contribution in [0.4, 0.5) is 17.6 Å². The van der Waals surface area contributed by atoms with Crippen LogP contribution in [0, 0.1) is 11.7 Å². The number of hydrogen-bond acceptors (Lipinski definition) is 1. The Balaban J connectivity index is 2.33. The lowest BCUT2D eigenvalue weighted by molar-refractivity contribution is -0.144. The van der Waals surface area contributed by atoms with Crippen LogP contribution < -0.4 is 0 Å². The van der Waals surface area contributed by atoms with E-state index in [1.807, 2.05) is 0 Å². The first-order chi connectivity index (χ1) is 9.70. The number of alkyl halides is 3. The van der Waals surface area contributed by atoms with Crippen LogP contribution in [-0.2, 0) is 0 Å². The standard InChI is InChI=1S/C14H14BrF4NO/c1-8(9-5-6-9)20(7-14(17,18)19)13(21)12-10(15)3-2-4-11(12)16/h2-4,8-9H,5-7H2,1H3. The molecule has 1 aromatic carbocycles. The van der Waals surface area contributed by atoms with Gasteiger partial charge in [0.2, 0.25) is 0 Å². The van der Waals surface area contributed by atoms with E-state index >= 15 is 0 Å². The number of benzene rings is 1. The second-order valence-corrected chi connectivity index (χ2v) is 6.08. The molecule has 1 aliphatic carbocycles. The number of amides is 1. The predicted molar refractivity (Wildman–Crippen MR) is 73.4 cm³/mol. The van der Waals surface area contributed by atoms with Gasteiger partial charge in [0, 0.05) is 10.5 Å². The first-order valence-electron chi connectivity index (χ1n) is 6.52. The number of hydrogen-bond donors (Lipinski definition) is 0. The van der Waals surface area contributed by atoms with Crippen LogP contribution in [0.15, 0.2) is 22.7 Å². The van der Waals surface area contributed by atoms with Crippen LogP contribution in [0.2, 0.25) is 0 Å². The van der Waals surface area contributed by atoms with E-state index in [0.29, 0.717) is 0 Å². The Hall–Kier alpha value is -1.11. The van der Waals surface area contributed by atoms with E-state index in [9.17, 15) is 22.4 Å². The summed E-state index contributed by atoms with van der Waals surface area (Å²) in [4.78, 5) is 13.1. The van der Waals surface area contributed by atoms with Gasteiger partial charge >= 0.3 is 6.18 Å². The normalized spacial score (nSPS) is 16.7. The van der Waals surface area contributed by atoms with E-state index in [1.165, 1.54) is 12.1 Å². The average molecular weight is 368 g/mol. The summed E-state index contributed by atoms with van der Waals surface area (Å²) in [5.74, 6) is -1.71. The Kier molecular flexibility index (Phi) is 4.60. The van der Waals surface area contributed by atoms with Gasteiger partial charge in [-0.2, -0.15) is 13.2 Å². The van der Waals surface area contributed by atoms with Gasteiger partial charge in [-0.1, -0.05) is 6.07 Å². The Morgan fingerprint density at radius 1 is 1.43 bits per heavy atom. The van der Waals surface area contributed by atoms with Gasteiger partial charge in [-0.25, -0.2) is 4.39 Å². The van der Waals surface area contributed by atoms with E-state index < -0.39 is 30.5 Å². The smallest absolute Gasteiger partial charge is 0.326 e. The Bertz CT molecular complexity index is 522. The molecule has 0 aromatic heterocycles. The van der Waals surface area contributed by atoms with E-state index in [1.54, 1.807) is 6.92 Å². The maximum atomic E-state index is 13.8. The van der Waals surface area contributed by atoms with Crippen LogP contribution in [0.25, 0.3) is 0 Å². The van der Waals surface area contributed by atoms with E-state index in [2.05, 4.69) is 15.9 Å². The highest BCUT2D eigenvalue weighted by atomic mass is 79.9. The van der Waals surface area contributed by atoms with Gasteiger partial charge in [-0.3, -0.25) is 4.79 Å². The van der Waals surface area contributed by atoms with E-state index in [-0.39, 0.29) is 16.0 Å². The monoisotopic (exact) mass is 367 g/mol. The van der Waals surface area contributed by atoms with Crippen molar-refractivity contribution in [2.75, 3.05) is 6.54 Å². The fourth-order valence-corrected chi connectivity index (χ4v) is 2.78. The van der Waals surface area contributed by atoms with Crippen molar-refractivity contribution in [1.29, 1.82) is 0 Å². The molecular formula is C14H14BrF4NO. The van der Waals surface area contributed by atoms with Crippen molar-refractivity contribution in [2.24, 2.45) is 5.92 Å². The summed E-state index contributed by atoms with van der Waals surface area (Å²) >= 11 is 3.03. The topological polar surface area (TPSA) is 20.3 Å². The highest BCUT2D eigenvalue weighted by Crippen LogP contribution is 2.37. The summed E-state index contributed by atoms with van der Waals surface area (Å²) in [6.07, 6.45) is -2.93. The Morgan fingerprint density at radius 3 is 2.52 bits per heavy atom. The molecule has 0 radical (unpaired) electrons. The lowest BCUT2D eigenvalue weighted by Gasteiger charge is -2.30. The quantitative estimate of drug-likeness (QED) is 0.722. The summed E-state index contributed by atoms with van der Waals surface area (Å²) < 4.78 is 52.2. The van der Waals surface area contributed by atoms with Gasteiger partial charge in [-0.15, -0.1) is 0 Å². The lowest BCUT2D eigenvalue weighted by Crippen LogP contribution is -2.45. The van der Waals surface area contributed by atoms with Crippen molar-refractivity contribution in [2.45, 2.75) is 32.0 Å². The molecule has 1 aromatic rings. The van der Waals surface area contributed by atoms with Crippen molar-refractivity contribution in [1.82, 2.24) is 4.90 Å². The molecule has 1 saturated carbocycles. The van der Waals surface area contributed by atoms with Gasteiger partial charge in [0.15, 0.2) is 0 Å². The number of rotatable bonds is 4. The minimum Gasteiger partial charge on any atom is -0.326 e. The van der Waals surface area contributed by atoms with Crippen LogP contribution in [0.1, 0.15) is 30.1 Å². The summed E-state index contributed by atoms with van der Waals surface area (Å²) in [7, 11) is 0. The maximum Gasteiger partial charge on any atom is 0.406 e. The molecule has 7 heteroatoms. The van der Waals surface area contributed by atoms with E-state index in [4.69, 9.17) is 0 Å². The molecule has 0 heterocycles. The molecule has 0 saturated heterocycles. The van der Waals surface area contributed by atoms with Crippen LogP contribution in [0.3, 0.4) is 0 Å². The number of nitrogens with zero attached hydrogens (tertiary/aromatic N) is 1. The SMILES string of the molecule is CC(C1CC1)N(CC(F)(F)F)C(=O)c1c(F)cccc1Br. The van der Waals surface area contributed by atoms with Gasteiger partial charge in [0.05, 0.1) is 5.56 Å². The second kappa shape index (κ2) is 5.94. The molecule has 2 rings (SSSR count). The van der Waals surface area contributed by atoms with Crippen molar-refractivity contribution < 1.29 is 22.4 Å². The van der Waals surface area contributed by atoms with Gasteiger partial charge < -0.3 is 4.90 Å². The molecule has 1 aliphatic rings. The summed E-state index contributed by atoms with van der Waals surface area (Å²) in [5.41, 5.74) is -0.353. The zero-order chi connectivity index (χ0) is 15.8. The number of halogens is 5. The first-order valence-corrected chi connectivity index (χ1v) is 7.31. The van der Waals surface area contributed by atoms with Crippen molar-refractivity contribution in [3.8, 4) is 0 Å². The van der Waals surface area contributed by atoms with E-state index in [0.717, 1.165) is 23.8 Å². The third kappa shape index (κ3) is 3.96. The third-order valence-corrected chi connectivity index (χ3v) is 4.24. The molecule has 0 N–H and O–H groups in total. The minimum absolute atomic E-state index is 0.0573. The van der Waals surface area contributed by atoms with Crippen LogP contribution >= 0.6 is 15.9 Å². The summed E-state index contributed by atoms with van der Waals surface area (Å²) in [6, 6.07) is 3.31. The third-order valence-electron chi connectivity index (χ3n) is 3.58. The fraction of sp³-hybridized carbons (Fsp3) is 0.500. The molecule has 1 atom stereocenters. The number of carbonyl (C=O) groups excluding carboxylic acids is 1. The molecule has 116 valence electrons. The summed E-state index contributed by atoms with van der Waals surface area (Å²) in [5, 5.41) is 0. The molecule has 1 fully saturated rings. The Labute approximate surface area is 128 Å². The zero-order valence-electron chi connectivity index (χ0n) is 11.3. The molecule has 21 heavy (non-hydrogen) atoms. The van der Waals surface area contributed by atoms with Crippen LogP contribution in [-0.4, -0.2) is 29.6 Å². The highest BCUT2D eigenvalue weighted by molar-refractivity contribution is 9.10. The molecular weight excluding hydrogens is 354 g/mol. The fourth-order valence-electron chi connectivity index (χ4n) is 2.27. The lowest BCUT2D eigenvalue weighted by atomic mass is 10.1. The van der Waals surface area contributed by atoms with Crippen molar-refractivity contribution >= 4 is 21.8 Å². The molecule has 2 nitrogen and oxygen atoms in total. The first kappa shape index (κ1) is 16.3. The molecule has 1 unspecified atom stereocenters. The predicted octanol–water partition coefficient (Wildman–Crippen LogP) is 4.39. The van der Waals surface area contributed by atoms with Crippen molar-refractivity contribution in [3.05, 3.63) is 34.1 Å². The largest absolute Gasteiger partial charge is 0.406 e. The zero-order valence-corrected chi connectivity index (χ0v) is 12.8. The maximum absolute atomic E-state index is 13.8. The minimum atomic E-state index is -4.52. The molecule has 0 aliphatic heterocycles.